The number of H-pyrrole nitrogens is 1. The molecular formula is C12H14N2O. The second-order valence-corrected chi connectivity index (χ2v) is 3.61. The van der Waals surface area contributed by atoms with Crippen molar-refractivity contribution < 1.29 is 4.79 Å². The van der Waals surface area contributed by atoms with E-state index in [4.69, 9.17) is 0 Å². The number of likely N-dealkylation sites (N-methyl/N-ethyl adjacent to an activating group) is 1. The highest BCUT2D eigenvalue weighted by Gasteiger charge is 2.07. The maximum atomic E-state index is 11.5. The third-order valence-corrected chi connectivity index (χ3v) is 2.44. The molecule has 0 aliphatic heterocycles. The van der Waals surface area contributed by atoms with Crippen LogP contribution in [-0.2, 0) is 11.2 Å². The Morgan fingerprint density at radius 3 is 3.00 bits per heavy atom. The van der Waals surface area contributed by atoms with Crippen molar-refractivity contribution in [1.29, 1.82) is 0 Å². The van der Waals surface area contributed by atoms with Crippen molar-refractivity contribution in [2.75, 3.05) is 13.6 Å². The van der Waals surface area contributed by atoms with Gasteiger partial charge in [0.15, 0.2) is 5.78 Å². The Kier molecular flexibility index (Phi) is 2.83. The fraction of sp³-hybridized carbons (Fsp3) is 0.250. The molecule has 0 atom stereocenters. The van der Waals surface area contributed by atoms with E-state index in [1.807, 2.05) is 30.5 Å². The van der Waals surface area contributed by atoms with Crippen LogP contribution in [0.15, 0.2) is 30.5 Å². The van der Waals surface area contributed by atoms with Gasteiger partial charge in [0.1, 0.15) is 0 Å². The predicted octanol–water partition coefficient (Wildman–Crippen LogP) is 1.50. The van der Waals surface area contributed by atoms with Gasteiger partial charge < -0.3 is 10.3 Å². The Hall–Kier alpha value is -1.61. The van der Waals surface area contributed by atoms with E-state index in [-0.39, 0.29) is 5.78 Å². The molecule has 15 heavy (non-hydrogen) atoms. The van der Waals surface area contributed by atoms with Gasteiger partial charge in [0.2, 0.25) is 0 Å². The summed E-state index contributed by atoms with van der Waals surface area (Å²) in [6.07, 6.45) is 2.41. The molecule has 0 saturated carbocycles. The van der Waals surface area contributed by atoms with E-state index in [2.05, 4.69) is 10.3 Å². The second kappa shape index (κ2) is 4.28. The normalized spacial score (nSPS) is 10.7. The summed E-state index contributed by atoms with van der Waals surface area (Å²) < 4.78 is 0. The standard InChI is InChI=1S/C12H14N2O/c1-13-8-10(15)6-9-7-14-12-5-3-2-4-11(9)12/h2-5,7,13-14H,6,8H2,1H3. The highest BCUT2D eigenvalue weighted by molar-refractivity contribution is 5.90. The number of aromatic nitrogens is 1. The van der Waals surface area contributed by atoms with Crippen LogP contribution in [0.25, 0.3) is 10.9 Å². The molecule has 3 nitrogen and oxygen atoms in total. The molecule has 0 unspecified atom stereocenters. The van der Waals surface area contributed by atoms with E-state index in [9.17, 15) is 4.79 Å². The van der Waals surface area contributed by atoms with Gasteiger partial charge >= 0.3 is 0 Å². The molecule has 1 aromatic carbocycles. The maximum absolute atomic E-state index is 11.5. The minimum atomic E-state index is 0.210. The topological polar surface area (TPSA) is 44.9 Å². The number of carbonyl (C=O) groups is 1. The largest absolute Gasteiger partial charge is 0.361 e. The Morgan fingerprint density at radius 2 is 2.20 bits per heavy atom. The van der Waals surface area contributed by atoms with Crippen molar-refractivity contribution in [3.05, 3.63) is 36.0 Å². The van der Waals surface area contributed by atoms with Crippen molar-refractivity contribution in [3.63, 3.8) is 0 Å². The van der Waals surface area contributed by atoms with E-state index >= 15 is 0 Å². The highest BCUT2D eigenvalue weighted by Crippen LogP contribution is 2.17. The lowest BCUT2D eigenvalue weighted by Gasteiger charge is -1.98. The van der Waals surface area contributed by atoms with Crippen LogP contribution in [0.1, 0.15) is 5.56 Å². The van der Waals surface area contributed by atoms with Crippen molar-refractivity contribution in [2.24, 2.45) is 0 Å². The highest BCUT2D eigenvalue weighted by atomic mass is 16.1. The lowest BCUT2D eigenvalue weighted by molar-refractivity contribution is -0.117. The zero-order valence-electron chi connectivity index (χ0n) is 8.71. The summed E-state index contributed by atoms with van der Waals surface area (Å²) >= 11 is 0. The fourth-order valence-electron chi connectivity index (χ4n) is 1.75. The maximum Gasteiger partial charge on any atom is 0.151 e. The Balaban J connectivity index is 2.25. The average molecular weight is 202 g/mol. The number of nitrogens with one attached hydrogen (secondary N) is 2. The first-order valence-corrected chi connectivity index (χ1v) is 5.02. The molecule has 78 valence electrons. The second-order valence-electron chi connectivity index (χ2n) is 3.61. The van der Waals surface area contributed by atoms with Gasteiger partial charge in [-0.25, -0.2) is 0 Å². The summed E-state index contributed by atoms with van der Waals surface area (Å²) in [5.74, 6) is 0.210. The fourth-order valence-corrected chi connectivity index (χ4v) is 1.75. The summed E-state index contributed by atoms with van der Waals surface area (Å²) in [6.45, 7) is 0.430. The Morgan fingerprint density at radius 1 is 1.40 bits per heavy atom. The van der Waals surface area contributed by atoms with Crippen LogP contribution >= 0.6 is 0 Å². The lowest BCUT2D eigenvalue weighted by atomic mass is 10.1. The number of hydrogen-bond acceptors (Lipinski definition) is 2. The molecule has 2 N–H and O–H groups in total. The molecule has 0 saturated heterocycles. The smallest absolute Gasteiger partial charge is 0.151 e. The molecule has 0 spiro atoms. The van der Waals surface area contributed by atoms with Crippen LogP contribution in [0.5, 0.6) is 0 Å². The molecule has 2 aromatic rings. The molecule has 0 fully saturated rings. The summed E-state index contributed by atoms with van der Waals surface area (Å²) in [4.78, 5) is 14.6. The van der Waals surface area contributed by atoms with Gasteiger partial charge in [-0.05, 0) is 18.7 Å². The van der Waals surface area contributed by atoms with Crippen molar-refractivity contribution >= 4 is 16.7 Å². The van der Waals surface area contributed by atoms with Gasteiger partial charge in [-0.3, -0.25) is 4.79 Å². The number of ketones is 1. The summed E-state index contributed by atoms with van der Waals surface area (Å²) in [7, 11) is 1.78. The van der Waals surface area contributed by atoms with Gasteiger partial charge in [0, 0.05) is 23.5 Å². The molecule has 1 aromatic heterocycles. The van der Waals surface area contributed by atoms with E-state index in [1.165, 1.54) is 0 Å². The quantitative estimate of drug-likeness (QED) is 0.789. The number of fused-ring (bicyclic) bond motifs is 1. The van der Waals surface area contributed by atoms with Crippen molar-refractivity contribution in [2.45, 2.75) is 6.42 Å². The van der Waals surface area contributed by atoms with E-state index in [1.54, 1.807) is 7.05 Å². The van der Waals surface area contributed by atoms with Crippen LogP contribution in [0.4, 0.5) is 0 Å². The number of hydrogen-bond donors (Lipinski definition) is 2. The molecule has 3 heteroatoms. The number of carbonyl (C=O) groups excluding carboxylic acids is 1. The lowest BCUT2D eigenvalue weighted by Crippen LogP contribution is -2.19. The van der Waals surface area contributed by atoms with E-state index in [0.29, 0.717) is 13.0 Å². The number of rotatable bonds is 4. The summed E-state index contributed by atoms with van der Waals surface area (Å²) in [5.41, 5.74) is 2.16. The van der Waals surface area contributed by atoms with Gasteiger partial charge in [-0.1, -0.05) is 18.2 Å². The minimum Gasteiger partial charge on any atom is -0.361 e. The zero-order valence-corrected chi connectivity index (χ0v) is 8.71. The van der Waals surface area contributed by atoms with Crippen molar-refractivity contribution in [3.8, 4) is 0 Å². The first-order chi connectivity index (χ1) is 7.31. The van der Waals surface area contributed by atoms with E-state index in [0.717, 1.165) is 16.5 Å². The monoisotopic (exact) mass is 202 g/mol. The van der Waals surface area contributed by atoms with Crippen LogP contribution in [0.2, 0.25) is 0 Å². The molecule has 0 aliphatic rings. The van der Waals surface area contributed by atoms with Crippen LogP contribution in [0.3, 0.4) is 0 Å². The molecule has 0 amide bonds. The Bertz CT molecular complexity index is 473. The zero-order chi connectivity index (χ0) is 10.7. The molecular weight excluding hydrogens is 188 g/mol. The van der Waals surface area contributed by atoms with Gasteiger partial charge in [0.05, 0.1) is 6.54 Å². The summed E-state index contributed by atoms with van der Waals surface area (Å²) in [5, 5.41) is 4.01. The first kappa shape index (κ1) is 9.93. The van der Waals surface area contributed by atoms with Crippen LogP contribution < -0.4 is 5.32 Å². The molecule has 2 rings (SSSR count). The Labute approximate surface area is 88.5 Å². The van der Waals surface area contributed by atoms with Gasteiger partial charge in [0.25, 0.3) is 0 Å². The third kappa shape index (κ3) is 2.07. The number of benzene rings is 1. The van der Waals surface area contributed by atoms with Gasteiger partial charge in [-0.15, -0.1) is 0 Å². The first-order valence-electron chi connectivity index (χ1n) is 5.02. The van der Waals surface area contributed by atoms with Crippen molar-refractivity contribution in [1.82, 2.24) is 10.3 Å². The third-order valence-electron chi connectivity index (χ3n) is 2.44. The molecule has 1 heterocycles. The SMILES string of the molecule is CNCC(=O)Cc1c[nH]c2ccccc12. The number of para-hydroxylation sites is 1. The average Bonchev–Trinajstić information content (AvgIpc) is 2.62. The molecule has 0 aliphatic carbocycles. The molecule has 0 radical (unpaired) electrons. The minimum absolute atomic E-state index is 0.210. The number of aromatic amines is 1. The number of Topliss-reactive ketones (excluding diaryl/α,β-unsaturated/α-hetero) is 1. The van der Waals surface area contributed by atoms with Crippen LogP contribution in [-0.4, -0.2) is 24.4 Å². The van der Waals surface area contributed by atoms with Crippen LogP contribution in [0, 0.1) is 0 Å². The van der Waals surface area contributed by atoms with E-state index < -0.39 is 0 Å². The predicted molar refractivity (Wildman–Crippen MR) is 60.9 cm³/mol. The van der Waals surface area contributed by atoms with Gasteiger partial charge in [-0.2, -0.15) is 0 Å². The summed E-state index contributed by atoms with van der Waals surface area (Å²) in [6, 6.07) is 8.02. The molecule has 0 bridgehead atoms.